The van der Waals surface area contributed by atoms with Crippen LogP contribution >= 0.6 is 0 Å². The highest BCUT2D eigenvalue weighted by Crippen LogP contribution is 2.33. The quantitative estimate of drug-likeness (QED) is 0.340. The number of ether oxygens (including phenoxy) is 1. The lowest BCUT2D eigenvalue weighted by molar-refractivity contribution is 0.0981. The molecule has 0 radical (unpaired) electrons. The number of benzene rings is 2. The van der Waals surface area contributed by atoms with E-state index in [4.69, 9.17) is 14.8 Å². The van der Waals surface area contributed by atoms with Gasteiger partial charge in [0, 0.05) is 56.0 Å². The zero-order valence-corrected chi connectivity index (χ0v) is 24.1. The van der Waals surface area contributed by atoms with E-state index in [-0.39, 0.29) is 5.75 Å². The number of H-pyrrole nitrogens is 1. The number of piperazine rings is 1. The number of nitrogens with one attached hydrogen (secondary N) is 1. The summed E-state index contributed by atoms with van der Waals surface area (Å²) in [5.74, 6) is 1.96. The third-order valence-electron chi connectivity index (χ3n) is 8.57. The lowest BCUT2D eigenvalue weighted by atomic mass is 9.90. The number of sulfonamides is 1. The monoisotopic (exact) mass is 562 g/mol. The number of aromatic nitrogens is 4. The molecule has 0 spiro atoms. The predicted molar refractivity (Wildman–Crippen MR) is 157 cm³/mol. The third-order valence-corrected chi connectivity index (χ3v) is 10.5. The van der Waals surface area contributed by atoms with Crippen molar-refractivity contribution in [3.8, 4) is 17.0 Å². The van der Waals surface area contributed by atoms with E-state index in [1.807, 2.05) is 18.2 Å². The summed E-state index contributed by atoms with van der Waals surface area (Å²) >= 11 is 0. The zero-order valence-electron chi connectivity index (χ0n) is 23.3. The van der Waals surface area contributed by atoms with Gasteiger partial charge in [-0.1, -0.05) is 24.3 Å². The molecule has 0 amide bonds. The van der Waals surface area contributed by atoms with Crippen molar-refractivity contribution in [3.05, 3.63) is 66.1 Å². The minimum Gasteiger partial charge on any atom is -0.496 e. The lowest BCUT2D eigenvalue weighted by Crippen LogP contribution is -2.52. The molecule has 4 aromatic rings. The van der Waals surface area contributed by atoms with Gasteiger partial charge in [0.15, 0.2) is 0 Å². The van der Waals surface area contributed by atoms with E-state index in [0.29, 0.717) is 31.6 Å². The average molecular weight is 563 g/mol. The average Bonchev–Trinajstić information content (AvgIpc) is 3.64. The number of hydrogen-bond donors (Lipinski definition) is 1. The van der Waals surface area contributed by atoms with Gasteiger partial charge in [0.25, 0.3) is 0 Å². The summed E-state index contributed by atoms with van der Waals surface area (Å²) in [4.78, 5) is 10.8. The minimum atomic E-state index is -3.08. The standard InChI is InChI=1S/C30H38N6O3S/c1-3-40(37,38)35-18-16-34(17-19-35)24-9-11-25(12-10-24)36-15-14-26(33-36)22-8-13-27-28(20-22)32-30(31-27)21-23-6-4-5-7-29(23)39-2/h4-8,13-15,20,24-25H,3,9-12,16-19,21H2,1-2H3,(H,31,32). The van der Waals surface area contributed by atoms with Crippen molar-refractivity contribution >= 4 is 21.1 Å². The number of imidazole rings is 1. The molecular formula is C30H38N6O3S. The number of methoxy groups -OCH3 is 1. The molecule has 1 aliphatic carbocycles. The van der Waals surface area contributed by atoms with Crippen LogP contribution in [0.1, 0.15) is 50.0 Å². The van der Waals surface area contributed by atoms with Crippen molar-refractivity contribution in [2.75, 3.05) is 39.0 Å². The fraction of sp³-hybridized carbons (Fsp3) is 0.467. The van der Waals surface area contributed by atoms with Crippen LogP contribution in [0.2, 0.25) is 0 Å². The molecule has 40 heavy (non-hydrogen) atoms. The van der Waals surface area contributed by atoms with Gasteiger partial charge in [0.05, 0.1) is 35.6 Å². The molecule has 2 aromatic carbocycles. The fourth-order valence-electron chi connectivity index (χ4n) is 6.25. The van der Waals surface area contributed by atoms with Crippen molar-refractivity contribution in [1.29, 1.82) is 0 Å². The molecule has 0 bridgehead atoms. The SMILES string of the molecule is CCS(=O)(=O)N1CCN(C2CCC(n3ccc(-c4ccc5nc(Cc6ccccc6OC)[nH]c5c4)n3)CC2)CC1. The molecule has 0 atom stereocenters. The first-order chi connectivity index (χ1) is 19.4. The van der Waals surface area contributed by atoms with Crippen LogP contribution in [0.15, 0.2) is 54.7 Å². The van der Waals surface area contributed by atoms with E-state index < -0.39 is 10.0 Å². The molecule has 2 fully saturated rings. The molecule has 3 heterocycles. The first-order valence-electron chi connectivity index (χ1n) is 14.3. The number of hydrogen-bond acceptors (Lipinski definition) is 6. The second-order valence-electron chi connectivity index (χ2n) is 10.9. The molecule has 1 aliphatic heterocycles. The van der Waals surface area contributed by atoms with Crippen molar-refractivity contribution in [1.82, 2.24) is 29.0 Å². The van der Waals surface area contributed by atoms with Crippen molar-refractivity contribution in [2.45, 2.75) is 51.1 Å². The third kappa shape index (κ3) is 5.53. The largest absolute Gasteiger partial charge is 0.496 e. The summed E-state index contributed by atoms with van der Waals surface area (Å²) in [6, 6.07) is 17.4. The molecule has 1 saturated carbocycles. The Morgan fingerprint density at radius 2 is 1.73 bits per heavy atom. The van der Waals surface area contributed by atoms with Crippen LogP contribution in [0.5, 0.6) is 5.75 Å². The highest BCUT2D eigenvalue weighted by atomic mass is 32.2. The van der Waals surface area contributed by atoms with Gasteiger partial charge in [0.2, 0.25) is 10.0 Å². The molecule has 2 aliphatic rings. The molecule has 1 saturated heterocycles. The summed E-state index contributed by atoms with van der Waals surface area (Å²) < 4.78 is 33.7. The maximum Gasteiger partial charge on any atom is 0.213 e. The van der Waals surface area contributed by atoms with Gasteiger partial charge in [-0.05, 0) is 56.9 Å². The minimum absolute atomic E-state index is 0.185. The number of para-hydroxylation sites is 1. The molecule has 1 N–H and O–H groups in total. The van der Waals surface area contributed by atoms with E-state index in [9.17, 15) is 8.42 Å². The normalized spacial score (nSPS) is 21.1. The van der Waals surface area contributed by atoms with Crippen molar-refractivity contribution in [3.63, 3.8) is 0 Å². The predicted octanol–water partition coefficient (Wildman–Crippen LogP) is 4.48. The van der Waals surface area contributed by atoms with Crippen molar-refractivity contribution < 1.29 is 13.2 Å². The second-order valence-corrected chi connectivity index (χ2v) is 13.1. The summed E-state index contributed by atoms with van der Waals surface area (Å²) in [6.07, 6.45) is 7.21. The summed E-state index contributed by atoms with van der Waals surface area (Å²) in [7, 11) is -1.39. The van der Waals surface area contributed by atoms with Crippen LogP contribution in [-0.4, -0.2) is 82.5 Å². The molecule has 2 aromatic heterocycles. The topological polar surface area (TPSA) is 96.4 Å². The number of rotatable bonds is 8. The Kier molecular flexibility index (Phi) is 7.65. The van der Waals surface area contributed by atoms with Crippen LogP contribution in [0.3, 0.4) is 0 Å². The molecule has 9 nitrogen and oxygen atoms in total. The van der Waals surface area contributed by atoms with Gasteiger partial charge in [-0.2, -0.15) is 9.40 Å². The first kappa shape index (κ1) is 27.0. The first-order valence-corrected chi connectivity index (χ1v) is 15.9. The highest BCUT2D eigenvalue weighted by molar-refractivity contribution is 7.89. The summed E-state index contributed by atoms with van der Waals surface area (Å²) in [6.45, 7) is 4.61. The van der Waals surface area contributed by atoms with Gasteiger partial charge < -0.3 is 9.72 Å². The highest BCUT2D eigenvalue weighted by Gasteiger charge is 2.32. The lowest BCUT2D eigenvalue weighted by Gasteiger charge is -2.41. The summed E-state index contributed by atoms with van der Waals surface area (Å²) in [5, 5.41) is 4.97. The van der Waals surface area contributed by atoms with Crippen LogP contribution < -0.4 is 4.74 Å². The number of aromatic amines is 1. The van der Waals surface area contributed by atoms with Crippen molar-refractivity contribution in [2.24, 2.45) is 0 Å². The zero-order chi connectivity index (χ0) is 27.7. The van der Waals surface area contributed by atoms with Gasteiger partial charge in [-0.15, -0.1) is 0 Å². The number of nitrogens with zero attached hydrogens (tertiary/aromatic N) is 5. The number of fused-ring (bicyclic) bond motifs is 1. The maximum absolute atomic E-state index is 12.2. The molecule has 212 valence electrons. The second kappa shape index (κ2) is 11.3. The van der Waals surface area contributed by atoms with Crippen LogP contribution in [0, 0.1) is 0 Å². The van der Waals surface area contributed by atoms with Crippen LogP contribution in [0.25, 0.3) is 22.3 Å². The Labute approximate surface area is 236 Å². The maximum atomic E-state index is 12.2. The van der Waals surface area contributed by atoms with Crippen LogP contribution in [0.4, 0.5) is 0 Å². The Bertz CT molecular complexity index is 1560. The van der Waals surface area contributed by atoms with Crippen LogP contribution in [-0.2, 0) is 16.4 Å². The molecule has 6 rings (SSSR count). The Morgan fingerprint density at radius 1 is 0.975 bits per heavy atom. The molecule has 10 heteroatoms. The van der Waals surface area contributed by atoms with E-state index in [1.165, 1.54) is 0 Å². The van der Waals surface area contributed by atoms with Gasteiger partial charge in [0.1, 0.15) is 11.6 Å². The van der Waals surface area contributed by atoms with E-state index >= 15 is 0 Å². The Morgan fingerprint density at radius 3 is 2.48 bits per heavy atom. The van der Waals surface area contributed by atoms with Gasteiger partial charge >= 0.3 is 0 Å². The van der Waals surface area contributed by atoms with E-state index in [0.717, 1.165) is 78.2 Å². The molecular weight excluding hydrogens is 524 g/mol. The summed E-state index contributed by atoms with van der Waals surface area (Å²) in [5.41, 5.74) is 5.10. The van der Waals surface area contributed by atoms with Gasteiger partial charge in [-0.25, -0.2) is 13.4 Å². The Balaban J connectivity index is 1.08. The fourth-order valence-corrected chi connectivity index (χ4v) is 7.33. The smallest absolute Gasteiger partial charge is 0.213 e. The van der Waals surface area contributed by atoms with Gasteiger partial charge in [-0.3, -0.25) is 9.58 Å². The van der Waals surface area contributed by atoms with E-state index in [1.54, 1.807) is 18.3 Å². The Hall–Kier alpha value is -3.21. The molecule has 0 unspecified atom stereocenters. The van der Waals surface area contributed by atoms with E-state index in [2.05, 4.69) is 51.1 Å².